The van der Waals surface area contributed by atoms with Crippen LogP contribution in [0.1, 0.15) is 29.8 Å². The van der Waals surface area contributed by atoms with Crippen LogP contribution in [-0.4, -0.2) is 47.2 Å². The molecular weight excluding hydrogens is 374 g/mol. The van der Waals surface area contributed by atoms with Gasteiger partial charge in [0.05, 0.1) is 5.69 Å². The van der Waals surface area contributed by atoms with Gasteiger partial charge in [-0.15, -0.1) is 10.2 Å². The molecule has 0 bridgehead atoms. The van der Waals surface area contributed by atoms with E-state index in [2.05, 4.69) is 58.6 Å². The summed E-state index contributed by atoms with van der Waals surface area (Å²) in [5, 5.41) is 14.8. The van der Waals surface area contributed by atoms with Crippen LogP contribution in [0.25, 0.3) is 11.3 Å². The number of benzene rings is 2. The van der Waals surface area contributed by atoms with E-state index in [-0.39, 0.29) is 5.91 Å². The Balaban J connectivity index is 1.55. The first-order valence-electron chi connectivity index (χ1n) is 10.4. The second-order valence-corrected chi connectivity index (χ2v) is 7.16. The van der Waals surface area contributed by atoms with Crippen LogP contribution in [-0.2, 0) is 0 Å². The van der Waals surface area contributed by atoms with Crippen LogP contribution in [0.4, 0.5) is 11.5 Å². The Morgan fingerprint density at radius 2 is 1.73 bits per heavy atom. The minimum absolute atomic E-state index is 0.0593. The molecule has 1 aromatic heterocycles. The van der Waals surface area contributed by atoms with Crippen molar-refractivity contribution in [3.05, 3.63) is 71.8 Å². The number of aryl methyl sites for hydroxylation is 1. The van der Waals surface area contributed by atoms with Gasteiger partial charge in [-0.3, -0.25) is 4.79 Å². The van der Waals surface area contributed by atoms with Gasteiger partial charge in [0.25, 0.3) is 5.91 Å². The largest absolute Gasteiger partial charge is 0.351 e. The fraction of sp³-hybridized carbons (Fsp3) is 0.292. The SMILES string of the molecule is CCN(CC)CCNC(=O)c1ccc(Nc2ccc(-c3cccc(C)c3)nn2)cc1. The number of carbonyl (C=O) groups is 1. The van der Waals surface area contributed by atoms with Crippen molar-refractivity contribution in [2.24, 2.45) is 0 Å². The number of nitrogens with zero attached hydrogens (tertiary/aromatic N) is 3. The van der Waals surface area contributed by atoms with Crippen molar-refractivity contribution in [2.45, 2.75) is 20.8 Å². The average Bonchev–Trinajstić information content (AvgIpc) is 2.77. The van der Waals surface area contributed by atoms with Crippen LogP contribution in [0, 0.1) is 6.92 Å². The zero-order chi connectivity index (χ0) is 21.3. The molecule has 0 aliphatic rings. The third kappa shape index (κ3) is 5.87. The van der Waals surface area contributed by atoms with E-state index in [4.69, 9.17) is 0 Å². The van der Waals surface area contributed by atoms with Gasteiger partial charge in [-0.2, -0.15) is 0 Å². The standard InChI is InChI=1S/C24H29N5O/c1-4-29(5-2)16-15-25-24(30)19-9-11-21(12-10-19)26-23-14-13-22(27-28-23)20-8-6-7-18(3)17-20/h6-14,17H,4-5,15-16H2,1-3H3,(H,25,30)(H,26,28). The van der Waals surface area contributed by atoms with Crippen molar-refractivity contribution in [1.29, 1.82) is 0 Å². The van der Waals surface area contributed by atoms with E-state index >= 15 is 0 Å². The maximum absolute atomic E-state index is 12.3. The summed E-state index contributed by atoms with van der Waals surface area (Å²) >= 11 is 0. The summed E-state index contributed by atoms with van der Waals surface area (Å²) in [7, 11) is 0. The smallest absolute Gasteiger partial charge is 0.251 e. The number of likely N-dealkylation sites (N-methyl/N-ethyl adjacent to an activating group) is 1. The highest BCUT2D eigenvalue weighted by molar-refractivity contribution is 5.94. The number of anilines is 2. The predicted molar refractivity (Wildman–Crippen MR) is 122 cm³/mol. The monoisotopic (exact) mass is 403 g/mol. The molecule has 0 aliphatic heterocycles. The van der Waals surface area contributed by atoms with Crippen molar-refractivity contribution in [3.63, 3.8) is 0 Å². The van der Waals surface area contributed by atoms with Crippen molar-refractivity contribution in [3.8, 4) is 11.3 Å². The molecule has 6 nitrogen and oxygen atoms in total. The number of carbonyl (C=O) groups excluding carboxylic acids is 1. The number of nitrogens with one attached hydrogen (secondary N) is 2. The van der Waals surface area contributed by atoms with Crippen LogP contribution in [0.15, 0.2) is 60.7 Å². The molecule has 2 N–H and O–H groups in total. The van der Waals surface area contributed by atoms with Crippen molar-refractivity contribution in [1.82, 2.24) is 20.4 Å². The van der Waals surface area contributed by atoms with Crippen molar-refractivity contribution < 1.29 is 4.79 Å². The molecule has 0 aliphatic carbocycles. The van der Waals surface area contributed by atoms with E-state index in [1.807, 2.05) is 48.5 Å². The minimum atomic E-state index is -0.0593. The second-order valence-electron chi connectivity index (χ2n) is 7.16. The van der Waals surface area contributed by atoms with E-state index < -0.39 is 0 Å². The van der Waals surface area contributed by atoms with Gasteiger partial charge in [0.15, 0.2) is 5.82 Å². The van der Waals surface area contributed by atoms with E-state index in [1.165, 1.54) is 5.56 Å². The fourth-order valence-electron chi connectivity index (χ4n) is 3.18. The molecule has 156 valence electrons. The van der Waals surface area contributed by atoms with Crippen LogP contribution in [0.5, 0.6) is 0 Å². The lowest BCUT2D eigenvalue weighted by Gasteiger charge is -2.18. The lowest BCUT2D eigenvalue weighted by atomic mass is 10.1. The molecule has 0 saturated carbocycles. The van der Waals surface area contributed by atoms with E-state index in [1.54, 1.807) is 0 Å². The lowest BCUT2D eigenvalue weighted by Crippen LogP contribution is -2.34. The van der Waals surface area contributed by atoms with Crippen LogP contribution in [0.3, 0.4) is 0 Å². The molecule has 1 amide bonds. The molecule has 0 atom stereocenters. The number of rotatable bonds is 9. The molecule has 0 saturated heterocycles. The topological polar surface area (TPSA) is 70.2 Å². The third-order valence-electron chi connectivity index (χ3n) is 5.01. The van der Waals surface area contributed by atoms with Gasteiger partial charge in [-0.1, -0.05) is 37.6 Å². The van der Waals surface area contributed by atoms with Gasteiger partial charge >= 0.3 is 0 Å². The van der Waals surface area contributed by atoms with Gasteiger partial charge < -0.3 is 15.5 Å². The number of hydrogen-bond acceptors (Lipinski definition) is 5. The Morgan fingerprint density at radius 3 is 2.37 bits per heavy atom. The average molecular weight is 404 g/mol. The molecule has 2 aromatic carbocycles. The zero-order valence-electron chi connectivity index (χ0n) is 17.9. The second kappa shape index (κ2) is 10.5. The molecular formula is C24H29N5O. The molecule has 6 heteroatoms. The van der Waals surface area contributed by atoms with Crippen molar-refractivity contribution in [2.75, 3.05) is 31.5 Å². The predicted octanol–water partition coefficient (Wildman–Crippen LogP) is 4.27. The molecule has 0 fully saturated rings. The highest BCUT2D eigenvalue weighted by Gasteiger charge is 2.07. The number of amides is 1. The Morgan fingerprint density at radius 1 is 0.967 bits per heavy atom. The van der Waals surface area contributed by atoms with Crippen LogP contribution < -0.4 is 10.6 Å². The zero-order valence-corrected chi connectivity index (χ0v) is 17.9. The highest BCUT2D eigenvalue weighted by Crippen LogP contribution is 2.20. The molecule has 0 unspecified atom stereocenters. The summed E-state index contributed by atoms with van der Waals surface area (Å²) < 4.78 is 0. The van der Waals surface area contributed by atoms with Crippen LogP contribution in [0.2, 0.25) is 0 Å². The fourth-order valence-corrected chi connectivity index (χ4v) is 3.18. The first-order valence-corrected chi connectivity index (χ1v) is 10.4. The Bertz CT molecular complexity index is 950. The number of aromatic nitrogens is 2. The summed E-state index contributed by atoms with van der Waals surface area (Å²) in [6.07, 6.45) is 0. The lowest BCUT2D eigenvalue weighted by molar-refractivity contribution is 0.0949. The van der Waals surface area contributed by atoms with Crippen LogP contribution >= 0.6 is 0 Å². The molecule has 3 rings (SSSR count). The molecule has 0 spiro atoms. The third-order valence-corrected chi connectivity index (χ3v) is 5.01. The van der Waals surface area contributed by atoms with Gasteiger partial charge in [-0.05, 0) is 62.5 Å². The van der Waals surface area contributed by atoms with Crippen molar-refractivity contribution >= 4 is 17.4 Å². The summed E-state index contributed by atoms with van der Waals surface area (Å²) in [5.74, 6) is 0.596. The maximum Gasteiger partial charge on any atom is 0.251 e. The maximum atomic E-state index is 12.3. The normalized spacial score (nSPS) is 10.8. The first-order chi connectivity index (χ1) is 14.6. The number of hydrogen-bond donors (Lipinski definition) is 2. The van der Waals surface area contributed by atoms with Gasteiger partial charge in [-0.25, -0.2) is 0 Å². The quantitative estimate of drug-likeness (QED) is 0.558. The summed E-state index contributed by atoms with van der Waals surface area (Å²) in [4.78, 5) is 14.6. The molecule has 3 aromatic rings. The Kier molecular flexibility index (Phi) is 7.51. The molecule has 1 heterocycles. The van der Waals surface area contributed by atoms with Gasteiger partial charge in [0.2, 0.25) is 0 Å². The molecule has 30 heavy (non-hydrogen) atoms. The Hall–Kier alpha value is -3.25. The van der Waals surface area contributed by atoms with E-state index in [0.717, 1.165) is 36.6 Å². The van der Waals surface area contributed by atoms with E-state index in [0.29, 0.717) is 17.9 Å². The molecule has 0 radical (unpaired) electrons. The minimum Gasteiger partial charge on any atom is -0.351 e. The van der Waals surface area contributed by atoms with Gasteiger partial charge in [0, 0.05) is 29.9 Å². The summed E-state index contributed by atoms with van der Waals surface area (Å²) in [5.41, 5.74) is 4.56. The van der Waals surface area contributed by atoms with Gasteiger partial charge in [0.1, 0.15) is 0 Å². The first kappa shape index (κ1) is 21.5. The summed E-state index contributed by atoms with van der Waals surface area (Å²) in [6, 6.07) is 19.4. The van der Waals surface area contributed by atoms with E-state index in [9.17, 15) is 4.79 Å². The highest BCUT2D eigenvalue weighted by atomic mass is 16.1. The summed E-state index contributed by atoms with van der Waals surface area (Å²) in [6.45, 7) is 9.78. The Labute approximate surface area is 178 Å².